The Hall–Kier alpha value is -3.11. The number of benzene rings is 1. The minimum Gasteiger partial charge on any atom is -0.358 e. The maximum absolute atomic E-state index is 11.6. The van der Waals surface area contributed by atoms with Crippen molar-refractivity contribution >= 4 is 23.4 Å². The number of nitrogens with two attached hydrogens (primary N) is 1. The van der Waals surface area contributed by atoms with E-state index in [4.69, 9.17) is 5.73 Å². The molecule has 7 heteroatoms. The van der Waals surface area contributed by atoms with Gasteiger partial charge in [0.1, 0.15) is 5.82 Å². The van der Waals surface area contributed by atoms with E-state index in [2.05, 4.69) is 44.3 Å². The molecule has 0 bridgehead atoms. The number of rotatable bonds is 8. The Morgan fingerprint density at radius 1 is 1.29 bits per heavy atom. The first-order valence-electron chi connectivity index (χ1n) is 9.45. The number of anilines is 3. The minimum atomic E-state index is -0.121. The average molecular weight is 380 g/mol. The van der Waals surface area contributed by atoms with Crippen molar-refractivity contribution in [3.05, 3.63) is 41.6 Å². The first kappa shape index (κ1) is 21.2. The molecule has 7 nitrogen and oxygen atoms in total. The van der Waals surface area contributed by atoms with Crippen molar-refractivity contribution in [2.24, 2.45) is 5.73 Å². The normalized spacial score (nSPS) is 10.0. The van der Waals surface area contributed by atoms with Crippen molar-refractivity contribution in [1.29, 1.82) is 0 Å². The Morgan fingerprint density at radius 3 is 2.68 bits per heavy atom. The second kappa shape index (κ2) is 10.9. The van der Waals surface area contributed by atoms with E-state index in [1.165, 1.54) is 0 Å². The molecule has 2 aromatic rings. The van der Waals surface area contributed by atoms with Crippen LogP contribution in [-0.2, 0) is 0 Å². The third-order valence-corrected chi connectivity index (χ3v) is 4.05. The molecule has 2 rings (SSSR count). The van der Waals surface area contributed by atoms with E-state index in [1.54, 1.807) is 25.4 Å². The first-order chi connectivity index (χ1) is 13.6. The van der Waals surface area contributed by atoms with Crippen molar-refractivity contribution in [3.8, 4) is 11.8 Å². The van der Waals surface area contributed by atoms with E-state index in [1.807, 2.05) is 19.2 Å². The highest BCUT2D eigenvalue weighted by atomic mass is 16.1. The zero-order chi connectivity index (χ0) is 20.4. The molecular weight excluding hydrogens is 352 g/mol. The Morgan fingerprint density at radius 2 is 2.04 bits per heavy atom. The van der Waals surface area contributed by atoms with Crippen molar-refractivity contribution < 1.29 is 4.79 Å². The number of amides is 1. The number of nitrogens with zero attached hydrogens (tertiary/aromatic N) is 3. The van der Waals surface area contributed by atoms with Gasteiger partial charge in [0, 0.05) is 38.3 Å². The van der Waals surface area contributed by atoms with Gasteiger partial charge < -0.3 is 21.3 Å². The summed E-state index contributed by atoms with van der Waals surface area (Å²) < 4.78 is 0. The van der Waals surface area contributed by atoms with Crippen molar-refractivity contribution in [3.63, 3.8) is 0 Å². The van der Waals surface area contributed by atoms with Gasteiger partial charge in [0.25, 0.3) is 5.91 Å². The van der Waals surface area contributed by atoms with Crippen LogP contribution in [0.2, 0.25) is 0 Å². The molecule has 0 unspecified atom stereocenters. The van der Waals surface area contributed by atoms with Gasteiger partial charge in [0.15, 0.2) is 0 Å². The number of unbranched alkanes of at least 4 members (excludes halogenated alkanes) is 1. The van der Waals surface area contributed by atoms with Gasteiger partial charge in [-0.3, -0.25) is 4.79 Å². The highest BCUT2D eigenvalue weighted by Crippen LogP contribution is 2.20. The van der Waals surface area contributed by atoms with E-state index >= 15 is 0 Å². The summed E-state index contributed by atoms with van der Waals surface area (Å²) in [6, 6.07) is 7.15. The summed E-state index contributed by atoms with van der Waals surface area (Å²) >= 11 is 0. The second-order valence-electron chi connectivity index (χ2n) is 6.33. The van der Waals surface area contributed by atoms with Gasteiger partial charge in [0.2, 0.25) is 5.95 Å². The Bertz CT molecular complexity index is 838. The third-order valence-electron chi connectivity index (χ3n) is 4.05. The largest absolute Gasteiger partial charge is 0.358 e. The quantitative estimate of drug-likeness (QED) is 0.481. The zero-order valence-electron chi connectivity index (χ0n) is 16.7. The van der Waals surface area contributed by atoms with Crippen LogP contribution in [0.15, 0.2) is 30.5 Å². The number of aromatic nitrogens is 2. The van der Waals surface area contributed by atoms with Crippen LogP contribution in [0.3, 0.4) is 0 Å². The highest BCUT2D eigenvalue weighted by Gasteiger charge is 2.11. The molecule has 0 aliphatic rings. The summed E-state index contributed by atoms with van der Waals surface area (Å²) in [6.07, 6.45) is 4.38. The summed E-state index contributed by atoms with van der Waals surface area (Å²) in [7, 11) is 3.61. The molecule has 148 valence electrons. The third kappa shape index (κ3) is 5.96. The fourth-order valence-electron chi connectivity index (χ4n) is 2.58. The average Bonchev–Trinajstić information content (AvgIpc) is 2.72. The van der Waals surface area contributed by atoms with Crippen LogP contribution >= 0.6 is 0 Å². The van der Waals surface area contributed by atoms with Gasteiger partial charge in [-0.05, 0) is 43.7 Å². The lowest BCUT2D eigenvalue weighted by Crippen LogP contribution is -2.21. The molecule has 1 amide bonds. The maximum atomic E-state index is 11.6. The molecule has 0 radical (unpaired) electrons. The monoisotopic (exact) mass is 380 g/mol. The molecule has 1 aromatic heterocycles. The van der Waals surface area contributed by atoms with Crippen LogP contribution in [0.25, 0.3) is 0 Å². The minimum absolute atomic E-state index is 0.121. The van der Waals surface area contributed by atoms with E-state index in [9.17, 15) is 4.79 Å². The van der Waals surface area contributed by atoms with E-state index < -0.39 is 0 Å². The molecule has 4 N–H and O–H groups in total. The summed E-state index contributed by atoms with van der Waals surface area (Å²) in [5.41, 5.74) is 7.72. The lowest BCUT2D eigenvalue weighted by molar-refractivity contribution is 0.0963. The molecule has 0 fully saturated rings. The van der Waals surface area contributed by atoms with Crippen molar-refractivity contribution in [2.45, 2.75) is 26.2 Å². The van der Waals surface area contributed by atoms with Gasteiger partial charge in [-0.15, -0.1) is 0 Å². The highest BCUT2D eigenvalue weighted by molar-refractivity contribution is 5.94. The summed E-state index contributed by atoms with van der Waals surface area (Å²) in [5, 5.41) is 5.79. The molecule has 0 spiro atoms. The number of carbonyl (C=O) groups is 1. The number of carbonyl (C=O) groups excluding carboxylic acids is 1. The smallest absolute Gasteiger partial charge is 0.251 e. The van der Waals surface area contributed by atoms with Gasteiger partial charge in [-0.2, -0.15) is 4.98 Å². The molecule has 28 heavy (non-hydrogen) atoms. The van der Waals surface area contributed by atoms with Gasteiger partial charge in [-0.1, -0.05) is 18.8 Å². The fraction of sp³-hybridized carbons (Fsp3) is 0.381. The Labute approximate surface area is 166 Å². The molecular formula is C21H28N6O. The second-order valence-corrected chi connectivity index (χ2v) is 6.33. The SMILES string of the molecule is CCCN(C)c1nc(Nc2ccc(C(=O)NC)cc2)ncc1C#CCCCN. The Kier molecular flexibility index (Phi) is 8.25. The fourth-order valence-corrected chi connectivity index (χ4v) is 2.58. The van der Waals surface area contributed by atoms with Crippen LogP contribution in [0, 0.1) is 11.8 Å². The van der Waals surface area contributed by atoms with Gasteiger partial charge in [-0.25, -0.2) is 4.98 Å². The Balaban J connectivity index is 2.23. The predicted molar refractivity (Wildman–Crippen MR) is 114 cm³/mol. The summed E-state index contributed by atoms with van der Waals surface area (Å²) in [4.78, 5) is 22.8. The molecule has 0 aliphatic heterocycles. The van der Waals surface area contributed by atoms with Gasteiger partial charge in [0.05, 0.1) is 11.8 Å². The van der Waals surface area contributed by atoms with Crippen molar-refractivity contribution in [1.82, 2.24) is 15.3 Å². The predicted octanol–water partition coefficient (Wildman–Crippen LogP) is 2.52. The lowest BCUT2D eigenvalue weighted by atomic mass is 10.2. The lowest BCUT2D eigenvalue weighted by Gasteiger charge is -2.19. The van der Waals surface area contributed by atoms with Crippen LogP contribution in [0.5, 0.6) is 0 Å². The first-order valence-corrected chi connectivity index (χ1v) is 9.45. The van der Waals surface area contributed by atoms with E-state index in [-0.39, 0.29) is 5.91 Å². The van der Waals surface area contributed by atoms with Crippen LogP contribution in [-0.4, -0.2) is 43.1 Å². The molecule has 0 aliphatic carbocycles. The van der Waals surface area contributed by atoms with E-state index in [0.717, 1.165) is 42.9 Å². The molecule has 0 saturated carbocycles. The molecule has 0 atom stereocenters. The molecule has 0 saturated heterocycles. The molecule has 1 heterocycles. The summed E-state index contributed by atoms with van der Waals surface area (Å²) in [6.45, 7) is 3.63. The number of hydrogen-bond donors (Lipinski definition) is 3. The number of nitrogens with one attached hydrogen (secondary N) is 2. The van der Waals surface area contributed by atoms with Crippen LogP contribution in [0.4, 0.5) is 17.5 Å². The van der Waals surface area contributed by atoms with E-state index in [0.29, 0.717) is 18.1 Å². The topological polar surface area (TPSA) is 96.2 Å². The molecule has 1 aromatic carbocycles. The maximum Gasteiger partial charge on any atom is 0.251 e. The summed E-state index contributed by atoms with van der Waals surface area (Å²) in [5.74, 6) is 7.45. The van der Waals surface area contributed by atoms with Crippen LogP contribution < -0.4 is 21.3 Å². The van der Waals surface area contributed by atoms with Crippen molar-refractivity contribution in [2.75, 3.05) is 37.4 Å². The number of hydrogen-bond acceptors (Lipinski definition) is 6. The van der Waals surface area contributed by atoms with Crippen LogP contribution in [0.1, 0.15) is 42.1 Å². The zero-order valence-corrected chi connectivity index (χ0v) is 16.7. The van der Waals surface area contributed by atoms with Gasteiger partial charge >= 0.3 is 0 Å². The standard InChI is InChI=1S/C21H28N6O/c1-4-14-27(3)19-17(8-6-5-7-13-22)15-24-21(26-19)25-18-11-9-16(10-12-18)20(28)23-2/h9-12,15H,4-5,7,13-14,22H2,1-3H3,(H,23,28)(H,24,25,26).